The van der Waals surface area contributed by atoms with E-state index in [4.69, 9.17) is 10.5 Å². The highest BCUT2D eigenvalue weighted by atomic mass is 16.5. The van der Waals surface area contributed by atoms with Gasteiger partial charge in [0.2, 0.25) is 0 Å². The summed E-state index contributed by atoms with van der Waals surface area (Å²) in [4.78, 5) is 2.32. The molecule has 0 unspecified atom stereocenters. The summed E-state index contributed by atoms with van der Waals surface area (Å²) in [6.45, 7) is 8.04. The number of para-hydroxylation sites is 2. The molecule has 1 aromatic carbocycles. The van der Waals surface area contributed by atoms with Gasteiger partial charge in [-0.05, 0) is 12.1 Å². The first-order valence-electron chi connectivity index (χ1n) is 5.88. The highest BCUT2D eigenvalue weighted by molar-refractivity contribution is 5.58. The molecule has 1 aliphatic rings. The van der Waals surface area contributed by atoms with Gasteiger partial charge in [-0.3, -0.25) is 0 Å². The van der Waals surface area contributed by atoms with Gasteiger partial charge in [-0.15, -0.1) is 0 Å². The molecular weight excluding hydrogens is 214 g/mol. The maximum atomic E-state index is 5.67. The van der Waals surface area contributed by atoms with Gasteiger partial charge in [0, 0.05) is 31.9 Å². The lowest BCUT2D eigenvalue weighted by Crippen LogP contribution is -2.43. The molecule has 3 N–H and O–H groups in total. The third-order valence-corrected chi connectivity index (χ3v) is 2.74. The summed E-state index contributed by atoms with van der Waals surface area (Å²) in [6.07, 6.45) is 0. The lowest BCUT2D eigenvalue weighted by atomic mass is 10.2. The number of nitrogens with zero attached hydrogens (tertiary/aromatic N) is 1. The van der Waals surface area contributed by atoms with Crippen LogP contribution in [0.25, 0.3) is 0 Å². The van der Waals surface area contributed by atoms with Crippen LogP contribution in [0.4, 0.5) is 5.69 Å². The number of hydrogen-bond acceptors (Lipinski definition) is 4. The Hall–Kier alpha value is -1.68. The van der Waals surface area contributed by atoms with E-state index in [0.29, 0.717) is 12.3 Å². The Labute approximate surface area is 102 Å². The number of ether oxygens (including phenoxy) is 1. The van der Waals surface area contributed by atoms with Crippen molar-refractivity contribution in [3.8, 4) is 5.75 Å². The zero-order valence-corrected chi connectivity index (χ0v) is 9.98. The van der Waals surface area contributed by atoms with Crippen molar-refractivity contribution >= 4 is 5.69 Å². The van der Waals surface area contributed by atoms with E-state index in [1.807, 2.05) is 18.2 Å². The first-order valence-corrected chi connectivity index (χ1v) is 5.88. The zero-order valence-electron chi connectivity index (χ0n) is 9.98. The third-order valence-electron chi connectivity index (χ3n) is 2.74. The molecule has 4 heteroatoms. The molecule has 1 aliphatic heterocycles. The van der Waals surface area contributed by atoms with Gasteiger partial charge in [0.25, 0.3) is 0 Å². The molecule has 1 heterocycles. The minimum atomic E-state index is 0.364. The van der Waals surface area contributed by atoms with E-state index in [2.05, 4.69) is 22.9 Å². The predicted octanol–water partition coefficient (Wildman–Crippen LogP) is 0.947. The lowest BCUT2D eigenvalue weighted by Gasteiger charge is -2.30. The fourth-order valence-corrected chi connectivity index (χ4v) is 1.92. The molecule has 17 heavy (non-hydrogen) atoms. The standard InChI is InChI=1S/C13H19N3O/c1-11(14)10-17-13-5-3-2-4-12(13)16-8-6-15-7-9-16/h2-5,15H,1,6-10,14H2. The highest BCUT2D eigenvalue weighted by Crippen LogP contribution is 2.28. The zero-order chi connectivity index (χ0) is 12.1. The van der Waals surface area contributed by atoms with Crippen molar-refractivity contribution in [1.82, 2.24) is 5.32 Å². The Kier molecular flexibility index (Phi) is 3.88. The van der Waals surface area contributed by atoms with E-state index in [9.17, 15) is 0 Å². The Bertz CT molecular complexity index is 386. The number of hydrogen-bond donors (Lipinski definition) is 2. The molecule has 0 saturated carbocycles. The fourth-order valence-electron chi connectivity index (χ4n) is 1.92. The number of nitrogens with two attached hydrogens (primary N) is 1. The van der Waals surface area contributed by atoms with Crippen molar-refractivity contribution in [2.75, 3.05) is 37.7 Å². The van der Waals surface area contributed by atoms with Gasteiger partial charge in [0.05, 0.1) is 5.69 Å². The molecule has 0 aromatic heterocycles. The molecule has 0 radical (unpaired) electrons. The molecule has 2 rings (SSSR count). The number of piperazine rings is 1. The number of benzene rings is 1. The second-order valence-corrected chi connectivity index (χ2v) is 4.15. The minimum Gasteiger partial charge on any atom is -0.485 e. The lowest BCUT2D eigenvalue weighted by molar-refractivity contribution is 0.350. The van der Waals surface area contributed by atoms with Gasteiger partial charge in [0.15, 0.2) is 0 Å². The molecule has 1 saturated heterocycles. The maximum Gasteiger partial charge on any atom is 0.143 e. The van der Waals surface area contributed by atoms with Gasteiger partial charge in [-0.1, -0.05) is 18.7 Å². The SMILES string of the molecule is C=C(N)COc1ccccc1N1CCNCC1. The van der Waals surface area contributed by atoms with Crippen LogP contribution in [0, 0.1) is 0 Å². The molecule has 0 spiro atoms. The molecule has 0 atom stereocenters. The van der Waals surface area contributed by atoms with Crippen molar-refractivity contribution in [1.29, 1.82) is 0 Å². The Morgan fingerprint density at radius 1 is 1.35 bits per heavy atom. The quantitative estimate of drug-likeness (QED) is 0.813. The van der Waals surface area contributed by atoms with Crippen LogP contribution >= 0.6 is 0 Å². The van der Waals surface area contributed by atoms with Gasteiger partial charge >= 0.3 is 0 Å². The van der Waals surface area contributed by atoms with Crippen molar-refractivity contribution < 1.29 is 4.74 Å². The van der Waals surface area contributed by atoms with Gasteiger partial charge in [-0.25, -0.2) is 0 Å². The van der Waals surface area contributed by atoms with Gasteiger partial charge < -0.3 is 20.7 Å². The van der Waals surface area contributed by atoms with Crippen molar-refractivity contribution in [2.45, 2.75) is 0 Å². The fraction of sp³-hybridized carbons (Fsp3) is 0.385. The smallest absolute Gasteiger partial charge is 0.143 e. The normalized spacial score (nSPS) is 15.6. The Morgan fingerprint density at radius 2 is 2.06 bits per heavy atom. The average molecular weight is 233 g/mol. The number of rotatable bonds is 4. The van der Waals surface area contributed by atoms with Crippen molar-refractivity contribution in [3.05, 3.63) is 36.5 Å². The molecule has 4 nitrogen and oxygen atoms in total. The Morgan fingerprint density at radius 3 is 2.76 bits per heavy atom. The average Bonchev–Trinajstić information content (AvgIpc) is 2.38. The molecule has 0 aliphatic carbocycles. The Balaban J connectivity index is 2.11. The van der Waals surface area contributed by atoms with Crippen LogP contribution in [-0.2, 0) is 0 Å². The van der Waals surface area contributed by atoms with E-state index >= 15 is 0 Å². The summed E-state index contributed by atoms with van der Waals surface area (Å²) in [6, 6.07) is 8.06. The highest BCUT2D eigenvalue weighted by Gasteiger charge is 2.14. The molecule has 0 bridgehead atoms. The summed E-state index contributed by atoms with van der Waals surface area (Å²) in [7, 11) is 0. The van der Waals surface area contributed by atoms with Gasteiger partial charge in [0.1, 0.15) is 12.4 Å². The summed E-state index contributed by atoms with van der Waals surface area (Å²) < 4.78 is 5.67. The van der Waals surface area contributed by atoms with Crippen LogP contribution in [0.5, 0.6) is 5.75 Å². The summed E-state index contributed by atoms with van der Waals surface area (Å²) in [5.74, 6) is 0.876. The topological polar surface area (TPSA) is 50.5 Å². The molecule has 1 fully saturated rings. The van der Waals surface area contributed by atoms with Crippen molar-refractivity contribution in [3.63, 3.8) is 0 Å². The van der Waals surface area contributed by atoms with Crippen LogP contribution in [-0.4, -0.2) is 32.8 Å². The second kappa shape index (κ2) is 5.59. The monoisotopic (exact) mass is 233 g/mol. The molecule has 0 amide bonds. The third kappa shape index (κ3) is 3.14. The van der Waals surface area contributed by atoms with Crippen LogP contribution in [0.15, 0.2) is 36.5 Å². The summed E-state index contributed by atoms with van der Waals surface area (Å²) >= 11 is 0. The van der Waals surface area contributed by atoms with Crippen LogP contribution in [0.3, 0.4) is 0 Å². The van der Waals surface area contributed by atoms with Gasteiger partial charge in [-0.2, -0.15) is 0 Å². The predicted molar refractivity (Wildman–Crippen MR) is 70.3 cm³/mol. The minimum absolute atomic E-state index is 0.364. The molecular formula is C13H19N3O. The van der Waals surface area contributed by atoms with E-state index in [-0.39, 0.29) is 0 Å². The van der Waals surface area contributed by atoms with E-state index in [0.717, 1.165) is 37.6 Å². The number of anilines is 1. The first kappa shape index (κ1) is 11.8. The largest absolute Gasteiger partial charge is 0.485 e. The summed E-state index contributed by atoms with van der Waals surface area (Å²) in [5.41, 5.74) is 7.20. The van der Waals surface area contributed by atoms with E-state index in [1.165, 1.54) is 0 Å². The summed E-state index contributed by atoms with van der Waals surface area (Å²) in [5, 5.41) is 3.34. The maximum absolute atomic E-state index is 5.67. The van der Waals surface area contributed by atoms with Crippen LogP contribution in [0.1, 0.15) is 0 Å². The number of nitrogens with one attached hydrogen (secondary N) is 1. The molecule has 1 aromatic rings. The molecule has 92 valence electrons. The van der Waals surface area contributed by atoms with Crippen LogP contribution in [0.2, 0.25) is 0 Å². The van der Waals surface area contributed by atoms with Crippen molar-refractivity contribution in [2.24, 2.45) is 5.73 Å². The first-order chi connectivity index (χ1) is 8.27. The van der Waals surface area contributed by atoms with E-state index in [1.54, 1.807) is 0 Å². The second-order valence-electron chi connectivity index (χ2n) is 4.15. The van der Waals surface area contributed by atoms with Crippen LogP contribution < -0.4 is 20.7 Å². The van der Waals surface area contributed by atoms with E-state index < -0.39 is 0 Å².